The van der Waals surface area contributed by atoms with E-state index in [1.807, 2.05) is 31.2 Å². The first kappa shape index (κ1) is 15.6. The van der Waals surface area contributed by atoms with Gasteiger partial charge in [-0.05, 0) is 44.6 Å². The summed E-state index contributed by atoms with van der Waals surface area (Å²) in [5, 5.41) is 3.90. The molecule has 0 saturated heterocycles. The Morgan fingerprint density at radius 1 is 1.29 bits per heavy atom. The number of carbonyl (C=O) groups excluding carboxylic acids is 1. The van der Waals surface area contributed by atoms with E-state index in [0.717, 1.165) is 42.6 Å². The van der Waals surface area contributed by atoms with Crippen LogP contribution in [0.2, 0.25) is 0 Å². The molecule has 1 heterocycles. The minimum absolute atomic E-state index is 0.134. The fraction of sp³-hybridized carbons (Fsp3) is 0.471. The van der Waals surface area contributed by atoms with Gasteiger partial charge in [0.1, 0.15) is 5.58 Å². The lowest BCUT2D eigenvalue weighted by atomic mass is 10.2. The molecule has 2 aromatic rings. The summed E-state index contributed by atoms with van der Waals surface area (Å²) in [5.41, 5.74) is 1.85. The third kappa shape index (κ3) is 3.85. The molecule has 21 heavy (non-hydrogen) atoms. The van der Waals surface area contributed by atoms with Crippen LogP contribution in [0, 0.1) is 6.92 Å². The summed E-state index contributed by atoms with van der Waals surface area (Å²) in [6.07, 6.45) is 0.951. The van der Waals surface area contributed by atoms with Crippen LogP contribution in [-0.4, -0.2) is 37.0 Å². The molecule has 0 atom stereocenters. The molecular formula is C17H24N2O2. The molecule has 0 aliphatic carbocycles. The van der Waals surface area contributed by atoms with Crippen molar-refractivity contribution in [2.75, 3.05) is 26.2 Å². The Bertz CT molecular complexity index is 600. The topological polar surface area (TPSA) is 45.5 Å². The molecule has 0 aliphatic heterocycles. The number of carbonyl (C=O) groups is 1. The number of aryl methyl sites for hydroxylation is 1. The zero-order chi connectivity index (χ0) is 15.2. The third-order valence-corrected chi connectivity index (χ3v) is 3.80. The number of nitrogens with zero attached hydrogens (tertiary/aromatic N) is 1. The number of rotatable bonds is 7. The number of hydrogen-bond acceptors (Lipinski definition) is 3. The van der Waals surface area contributed by atoms with Crippen LogP contribution >= 0.6 is 0 Å². The van der Waals surface area contributed by atoms with Gasteiger partial charge in [-0.25, -0.2) is 0 Å². The summed E-state index contributed by atoms with van der Waals surface area (Å²) < 4.78 is 5.66. The molecule has 0 saturated carbocycles. The maximum Gasteiger partial charge on any atom is 0.287 e. The fourth-order valence-corrected chi connectivity index (χ4v) is 2.45. The minimum atomic E-state index is -0.134. The molecule has 1 N–H and O–H groups in total. The summed E-state index contributed by atoms with van der Waals surface area (Å²) in [6.45, 7) is 10.1. The van der Waals surface area contributed by atoms with Gasteiger partial charge in [0, 0.05) is 11.9 Å². The summed E-state index contributed by atoms with van der Waals surface area (Å²) in [5.74, 6) is 0.257. The molecule has 2 rings (SSSR count). The maximum absolute atomic E-state index is 12.1. The molecule has 4 nitrogen and oxygen atoms in total. The number of amides is 1. The summed E-state index contributed by atoms with van der Waals surface area (Å²) >= 11 is 0. The minimum Gasteiger partial charge on any atom is -0.451 e. The highest BCUT2D eigenvalue weighted by Gasteiger charge is 2.12. The van der Waals surface area contributed by atoms with Gasteiger partial charge in [-0.3, -0.25) is 4.79 Å². The molecular weight excluding hydrogens is 264 g/mol. The monoisotopic (exact) mass is 288 g/mol. The Morgan fingerprint density at radius 3 is 2.71 bits per heavy atom. The second-order valence-corrected chi connectivity index (χ2v) is 5.24. The van der Waals surface area contributed by atoms with Gasteiger partial charge in [0.15, 0.2) is 5.76 Å². The Balaban J connectivity index is 1.89. The second kappa shape index (κ2) is 7.27. The molecule has 1 aromatic heterocycles. The molecule has 0 unspecified atom stereocenters. The van der Waals surface area contributed by atoms with Gasteiger partial charge in [-0.15, -0.1) is 0 Å². The number of hydrogen-bond donors (Lipinski definition) is 1. The highest BCUT2D eigenvalue weighted by molar-refractivity contribution is 5.96. The quantitative estimate of drug-likeness (QED) is 0.796. The molecule has 114 valence electrons. The summed E-state index contributed by atoms with van der Waals surface area (Å²) in [6, 6.07) is 7.72. The van der Waals surface area contributed by atoms with Crippen molar-refractivity contribution in [3.63, 3.8) is 0 Å². The van der Waals surface area contributed by atoms with E-state index in [1.165, 1.54) is 0 Å². The van der Waals surface area contributed by atoms with E-state index in [2.05, 4.69) is 24.1 Å². The lowest BCUT2D eigenvalue weighted by molar-refractivity contribution is 0.0926. The normalized spacial score (nSPS) is 11.2. The van der Waals surface area contributed by atoms with Crippen molar-refractivity contribution >= 4 is 16.9 Å². The van der Waals surface area contributed by atoms with E-state index < -0.39 is 0 Å². The first-order chi connectivity index (χ1) is 10.2. The van der Waals surface area contributed by atoms with Crippen LogP contribution in [-0.2, 0) is 0 Å². The molecule has 0 bridgehead atoms. The Hall–Kier alpha value is -1.81. The standard InChI is InChI=1S/C17H24N2O2/c1-4-19(5-2)11-7-10-18-17(20)15-12-14-9-6-8-13(3)16(14)21-15/h6,8-9,12H,4-5,7,10-11H2,1-3H3,(H,18,20). The second-order valence-electron chi connectivity index (χ2n) is 5.24. The van der Waals surface area contributed by atoms with Crippen molar-refractivity contribution in [1.29, 1.82) is 0 Å². The SMILES string of the molecule is CCN(CC)CCCNC(=O)c1cc2cccc(C)c2o1. The first-order valence-electron chi connectivity index (χ1n) is 7.65. The van der Waals surface area contributed by atoms with Crippen LogP contribution in [0.4, 0.5) is 0 Å². The van der Waals surface area contributed by atoms with Gasteiger partial charge < -0.3 is 14.6 Å². The van der Waals surface area contributed by atoms with Crippen LogP contribution in [0.5, 0.6) is 0 Å². The summed E-state index contributed by atoms with van der Waals surface area (Å²) in [4.78, 5) is 14.4. The summed E-state index contributed by atoms with van der Waals surface area (Å²) in [7, 11) is 0. The van der Waals surface area contributed by atoms with E-state index in [0.29, 0.717) is 12.3 Å². The van der Waals surface area contributed by atoms with Gasteiger partial charge in [0.25, 0.3) is 5.91 Å². The van der Waals surface area contributed by atoms with Crippen LogP contribution in [0.15, 0.2) is 28.7 Å². The maximum atomic E-state index is 12.1. The molecule has 1 aromatic carbocycles. The number of fused-ring (bicyclic) bond motifs is 1. The zero-order valence-corrected chi connectivity index (χ0v) is 13.1. The van der Waals surface area contributed by atoms with Crippen molar-refractivity contribution in [2.45, 2.75) is 27.2 Å². The smallest absolute Gasteiger partial charge is 0.287 e. The van der Waals surface area contributed by atoms with Gasteiger partial charge in [0.05, 0.1) is 0 Å². The average Bonchev–Trinajstić information content (AvgIpc) is 2.93. The molecule has 1 amide bonds. The van der Waals surface area contributed by atoms with Crippen LogP contribution in [0.1, 0.15) is 36.4 Å². The average molecular weight is 288 g/mol. The van der Waals surface area contributed by atoms with E-state index in [9.17, 15) is 4.79 Å². The lowest BCUT2D eigenvalue weighted by Crippen LogP contribution is -2.29. The number of nitrogens with one attached hydrogen (secondary N) is 1. The van der Waals surface area contributed by atoms with E-state index in [1.54, 1.807) is 0 Å². The van der Waals surface area contributed by atoms with Crippen molar-refractivity contribution in [3.8, 4) is 0 Å². The number of furan rings is 1. The molecule has 0 fully saturated rings. The zero-order valence-electron chi connectivity index (χ0n) is 13.1. The predicted octanol–water partition coefficient (Wildman–Crippen LogP) is 3.20. The van der Waals surface area contributed by atoms with Gasteiger partial charge in [-0.2, -0.15) is 0 Å². The largest absolute Gasteiger partial charge is 0.451 e. The Morgan fingerprint density at radius 2 is 2.05 bits per heavy atom. The fourth-order valence-electron chi connectivity index (χ4n) is 2.45. The van der Waals surface area contributed by atoms with Crippen molar-refractivity contribution in [2.24, 2.45) is 0 Å². The molecule has 0 aliphatic rings. The Kier molecular flexibility index (Phi) is 5.39. The number of benzene rings is 1. The van der Waals surface area contributed by atoms with Gasteiger partial charge in [-0.1, -0.05) is 32.0 Å². The van der Waals surface area contributed by atoms with Crippen LogP contribution in [0.25, 0.3) is 11.0 Å². The third-order valence-electron chi connectivity index (χ3n) is 3.80. The highest BCUT2D eigenvalue weighted by atomic mass is 16.3. The highest BCUT2D eigenvalue weighted by Crippen LogP contribution is 2.22. The van der Waals surface area contributed by atoms with E-state index in [-0.39, 0.29) is 5.91 Å². The first-order valence-corrected chi connectivity index (χ1v) is 7.65. The molecule has 0 spiro atoms. The Labute approximate surface area is 126 Å². The van der Waals surface area contributed by atoms with Crippen LogP contribution < -0.4 is 5.32 Å². The van der Waals surface area contributed by atoms with Gasteiger partial charge >= 0.3 is 0 Å². The van der Waals surface area contributed by atoms with E-state index >= 15 is 0 Å². The number of para-hydroxylation sites is 1. The molecule has 0 radical (unpaired) electrons. The predicted molar refractivity (Wildman–Crippen MR) is 85.7 cm³/mol. The lowest BCUT2D eigenvalue weighted by Gasteiger charge is -2.17. The van der Waals surface area contributed by atoms with Crippen molar-refractivity contribution < 1.29 is 9.21 Å². The van der Waals surface area contributed by atoms with Crippen molar-refractivity contribution in [3.05, 3.63) is 35.6 Å². The van der Waals surface area contributed by atoms with Gasteiger partial charge in [0.2, 0.25) is 0 Å². The van der Waals surface area contributed by atoms with E-state index in [4.69, 9.17) is 4.42 Å². The van der Waals surface area contributed by atoms with Crippen molar-refractivity contribution in [1.82, 2.24) is 10.2 Å². The molecule has 4 heteroatoms. The van der Waals surface area contributed by atoms with Crippen LogP contribution in [0.3, 0.4) is 0 Å².